The fraction of sp³-hybridized carbons (Fsp3) is 0.333. The van der Waals surface area contributed by atoms with Gasteiger partial charge in [0, 0.05) is 44.6 Å². The summed E-state index contributed by atoms with van der Waals surface area (Å²) in [5, 5.41) is 2.26. The number of aliphatic imine (C=N–C) groups is 1. The molecule has 1 spiro atoms. The highest BCUT2D eigenvalue weighted by Gasteiger charge is 2.67. The summed E-state index contributed by atoms with van der Waals surface area (Å²) in [4.78, 5) is 24.8. The van der Waals surface area contributed by atoms with Gasteiger partial charge in [0.25, 0.3) is 15.9 Å². The Bertz CT molecular complexity index is 1800. The van der Waals surface area contributed by atoms with Crippen LogP contribution in [0.15, 0.2) is 59.1 Å². The average molecular weight is 609 g/mol. The van der Waals surface area contributed by atoms with Crippen molar-refractivity contribution >= 4 is 37.6 Å². The van der Waals surface area contributed by atoms with Gasteiger partial charge >= 0.3 is 0 Å². The molecule has 1 aromatic carbocycles. The molecule has 0 saturated carbocycles. The zero-order chi connectivity index (χ0) is 30.0. The third-order valence-electron chi connectivity index (χ3n) is 7.59. The van der Waals surface area contributed by atoms with Gasteiger partial charge in [0.05, 0.1) is 12.5 Å². The second-order valence-corrected chi connectivity index (χ2v) is 14.1. The van der Waals surface area contributed by atoms with Gasteiger partial charge in [-0.3, -0.25) is 4.79 Å². The van der Waals surface area contributed by atoms with Gasteiger partial charge in [-0.2, -0.15) is 4.31 Å². The summed E-state index contributed by atoms with van der Waals surface area (Å²) in [5.41, 5.74) is 3.79. The number of nitrogens with one attached hydrogen (secondary N) is 1. The topological polar surface area (TPSA) is 173 Å². The van der Waals surface area contributed by atoms with Crippen LogP contribution in [-0.4, -0.2) is 76.7 Å². The van der Waals surface area contributed by atoms with Crippen molar-refractivity contribution in [2.45, 2.75) is 28.7 Å². The fourth-order valence-electron chi connectivity index (χ4n) is 5.24. The zero-order valence-electron chi connectivity index (χ0n) is 22.1. The van der Waals surface area contributed by atoms with Gasteiger partial charge in [-0.25, -0.2) is 44.9 Å². The van der Waals surface area contributed by atoms with Gasteiger partial charge in [0.15, 0.2) is 5.03 Å². The van der Waals surface area contributed by atoms with Crippen molar-refractivity contribution in [2.24, 2.45) is 17.8 Å². The van der Waals surface area contributed by atoms with Gasteiger partial charge in [0.1, 0.15) is 27.6 Å². The molecule has 2 aliphatic rings. The monoisotopic (exact) mass is 608 g/mol. The molecule has 1 saturated heterocycles. The summed E-state index contributed by atoms with van der Waals surface area (Å²) >= 11 is 0. The maximum absolute atomic E-state index is 15.6. The maximum atomic E-state index is 15.6. The van der Waals surface area contributed by atoms with Crippen molar-refractivity contribution in [3.05, 3.63) is 71.9 Å². The number of aryl methyl sites for hydroxylation is 1. The number of benzene rings is 1. The Morgan fingerprint density at radius 1 is 1.15 bits per heavy atom. The molecule has 1 amide bonds. The first-order valence-corrected chi connectivity index (χ1v) is 15.1. The molecule has 4 heterocycles. The number of aromatic nitrogens is 3. The van der Waals surface area contributed by atoms with Crippen LogP contribution >= 0.6 is 0 Å². The van der Waals surface area contributed by atoms with Crippen LogP contribution in [0.2, 0.25) is 0 Å². The first-order chi connectivity index (χ1) is 19.1. The van der Waals surface area contributed by atoms with Crippen LogP contribution in [0, 0.1) is 11.6 Å². The summed E-state index contributed by atoms with van der Waals surface area (Å²) in [6, 6.07) is 5.70. The minimum atomic E-state index is -4.43. The highest BCUT2D eigenvalue weighted by molar-refractivity contribution is 7.91. The number of sulfonamides is 2. The molecule has 0 radical (unpaired) electrons. The van der Waals surface area contributed by atoms with Crippen LogP contribution in [0.5, 0.6) is 0 Å². The van der Waals surface area contributed by atoms with E-state index in [2.05, 4.69) is 20.3 Å². The van der Waals surface area contributed by atoms with E-state index in [1.807, 2.05) is 0 Å². The standard InChI is InChI=1S/C24H26F2N8O5S2/c1-23(17-10-16(5-6-18(17)26)30-21(35)19-7-4-15(25)11-28-19)24(41(38,39)33(3)22(27)31-23)8-9-34(13-24)40(36,37)20-12-32(2)14-29-20/h4-7,10-12,14H,8-9,13H2,1-3H3,(H2,27,31)(H,30,35)/t23-,24+/m1/s1. The largest absolute Gasteiger partial charge is 0.369 e. The Morgan fingerprint density at radius 3 is 2.51 bits per heavy atom. The van der Waals surface area contributed by atoms with E-state index in [-0.39, 0.29) is 34.9 Å². The number of carbonyl (C=O) groups is 1. The highest BCUT2D eigenvalue weighted by Crippen LogP contribution is 2.52. The van der Waals surface area contributed by atoms with E-state index in [1.165, 1.54) is 43.2 Å². The van der Waals surface area contributed by atoms with E-state index >= 15 is 4.39 Å². The fourth-order valence-corrected chi connectivity index (χ4v) is 8.93. The average Bonchev–Trinajstić information content (AvgIpc) is 3.58. The van der Waals surface area contributed by atoms with Crippen LogP contribution < -0.4 is 11.1 Å². The predicted molar refractivity (Wildman–Crippen MR) is 144 cm³/mol. The summed E-state index contributed by atoms with van der Waals surface area (Å²) in [5.74, 6) is -2.64. The van der Waals surface area contributed by atoms with Gasteiger partial charge in [-0.05, 0) is 43.7 Å². The number of anilines is 1. The van der Waals surface area contributed by atoms with E-state index in [1.54, 1.807) is 7.05 Å². The molecule has 3 N–H and O–H groups in total. The number of rotatable bonds is 5. The molecule has 2 atom stereocenters. The normalized spacial score (nSPS) is 24.4. The lowest BCUT2D eigenvalue weighted by atomic mass is 9.78. The van der Waals surface area contributed by atoms with Crippen molar-refractivity contribution in [1.82, 2.24) is 23.1 Å². The number of nitrogens with two attached hydrogens (primary N) is 1. The minimum absolute atomic E-state index is 0.0648. The minimum Gasteiger partial charge on any atom is -0.369 e. The van der Waals surface area contributed by atoms with Gasteiger partial charge in [-0.15, -0.1) is 0 Å². The number of carbonyl (C=O) groups excluding carboxylic acids is 1. The molecule has 218 valence electrons. The van der Waals surface area contributed by atoms with E-state index < -0.39 is 60.4 Å². The molecule has 2 aromatic heterocycles. The Morgan fingerprint density at radius 2 is 1.88 bits per heavy atom. The molecule has 0 aliphatic carbocycles. The summed E-state index contributed by atoms with van der Waals surface area (Å²) < 4.78 is 84.9. The van der Waals surface area contributed by atoms with Crippen molar-refractivity contribution in [1.29, 1.82) is 0 Å². The van der Waals surface area contributed by atoms with Crippen LogP contribution in [-0.2, 0) is 32.6 Å². The van der Waals surface area contributed by atoms with Crippen LogP contribution in [0.1, 0.15) is 29.4 Å². The first-order valence-electron chi connectivity index (χ1n) is 12.2. The van der Waals surface area contributed by atoms with E-state index in [0.717, 1.165) is 33.0 Å². The number of amides is 1. The number of nitrogens with zero attached hydrogens (tertiary/aromatic N) is 6. The lowest BCUT2D eigenvalue weighted by Gasteiger charge is -2.48. The highest BCUT2D eigenvalue weighted by atomic mass is 32.2. The lowest BCUT2D eigenvalue weighted by Crippen LogP contribution is -2.66. The number of hydrogen-bond donors (Lipinski definition) is 2. The van der Waals surface area contributed by atoms with Crippen molar-refractivity contribution in [3.8, 4) is 0 Å². The van der Waals surface area contributed by atoms with Crippen molar-refractivity contribution in [2.75, 3.05) is 25.5 Å². The number of guanidine groups is 1. The molecule has 5 rings (SSSR count). The molecule has 2 aliphatic heterocycles. The van der Waals surface area contributed by atoms with Crippen LogP contribution in [0.25, 0.3) is 0 Å². The second-order valence-electron chi connectivity index (χ2n) is 9.99. The number of hydrogen-bond acceptors (Lipinski definition) is 9. The molecule has 13 nitrogen and oxygen atoms in total. The summed E-state index contributed by atoms with van der Waals surface area (Å²) in [6.07, 6.45) is 3.21. The molecule has 17 heteroatoms. The van der Waals surface area contributed by atoms with E-state index in [0.29, 0.717) is 0 Å². The molecule has 3 aromatic rings. The molecule has 41 heavy (non-hydrogen) atoms. The Balaban J connectivity index is 1.60. The van der Waals surface area contributed by atoms with Crippen molar-refractivity contribution in [3.63, 3.8) is 0 Å². The predicted octanol–water partition coefficient (Wildman–Crippen LogP) is 0.984. The zero-order valence-corrected chi connectivity index (χ0v) is 23.7. The van der Waals surface area contributed by atoms with Crippen LogP contribution in [0.3, 0.4) is 0 Å². The molecule has 0 bridgehead atoms. The summed E-state index contributed by atoms with van der Waals surface area (Å²) in [6.45, 7) is 0.583. The summed E-state index contributed by atoms with van der Waals surface area (Å²) in [7, 11) is -5.87. The quantitative estimate of drug-likeness (QED) is 0.431. The van der Waals surface area contributed by atoms with Crippen LogP contribution in [0.4, 0.5) is 14.5 Å². The number of imidazole rings is 1. The lowest BCUT2D eigenvalue weighted by molar-refractivity contribution is 0.102. The molecular formula is C24H26F2N8O5S2. The van der Waals surface area contributed by atoms with Gasteiger partial charge < -0.3 is 15.6 Å². The van der Waals surface area contributed by atoms with Gasteiger partial charge in [0.2, 0.25) is 16.0 Å². The Labute approximate surface area is 234 Å². The first kappa shape index (κ1) is 28.6. The molecular weight excluding hydrogens is 582 g/mol. The second kappa shape index (κ2) is 9.56. The van der Waals surface area contributed by atoms with Crippen molar-refractivity contribution < 1.29 is 30.4 Å². The third kappa shape index (κ3) is 4.34. The van der Waals surface area contributed by atoms with E-state index in [4.69, 9.17) is 5.73 Å². The Hall–Kier alpha value is -3.96. The SMILES string of the molecule is CN1C(N)=N[C@](C)(c2cc(NC(=O)c3ccc(F)cn3)ccc2F)[C@@]2(CCN(S(=O)(=O)c3cn(C)cn3)C2)S1(=O)=O. The third-order valence-corrected chi connectivity index (χ3v) is 12.0. The van der Waals surface area contributed by atoms with E-state index in [9.17, 15) is 26.0 Å². The Kier molecular flexibility index (Phi) is 6.66. The molecule has 0 unspecified atom stereocenters. The maximum Gasteiger partial charge on any atom is 0.274 e. The number of pyridine rings is 1. The smallest absolute Gasteiger partial charge is 0.274 e. The number of halogens is 2. The molecule has 1 fully saturated rings. The van der Waals surface area contributed by atoms with Gasteiger partial charge in [-0.1, -0.05) is 0 Å².